The van der Waals surface area contributed by atoms with Crippen LogP contribution in [0.15, 0.2) is 6.07 Å². The highest BCUT2D eigenvalue weighted by Crippen LogP contribution is 2.27. The highest BCUT2D eigenvalue weighted by atomic mass is 16.5. The molecule has 3 heterocycles. The summed E-state index contributed by atoms with van der Waals surface area (Å²) in [6, 6.07) is 2.01. The van der Waals surface area contributed by atoms with Crippen molar-refractivity contribution >= 4 is 16.9 Å². The Balaban J connectivity index is 1.75. The van der Waals surface area contributed by atoms with E-state index in [0.717, 1.165) is 48.2 Å². The summed E-state index contributed by atoms with van der Waals surface area (Å²) in [6.07, 6.45) is 4.58. The summed E-state index contributed by atoms with van der Waals surface area (Å²) in [5.74, 6) is 0.541. The van der Waals surface area contributed by atoms with Crippen molar-refractivity contribution in [2.24, 2.45) is 7.05 Å². The van der Waals surface area contributed by atoms with E-state index in [4.69, 9.17) is 4.74 Å². The van der Waals surface area contributed by atoms with Gasteiger partial charge in [0.15, 0.2) is 12.3 Å². The van der Waals surface area contributed by atoms with Gasteiger partial charge in [0.05, 0.1) is 5.39 Å². The van der Waals surface area contributed by atoms with E-state index in [1.54, 1.807) is 4.68 Å². The summed E-state index contributed by atoms with van der Waals surface area (Å²) in [7, 11) is 1.84. The lowest BCUT2D eigenvalue weighted by atomic mass is 10.2. The Kier molecular flexibility index (Phi) is 4.50. The van der Waals surface area contributed by atoms with E-state index in [0.29, 0.717) is 5.88 Å². The lowest BCUT2D eigenvalue weighted by molar-refractivity contribution is -0.133. The zero-order valence-corrected chi connectivity index (χ0v) is 14.1. The number of fused-ring (bicyclic) bond motifs is 1. The van der Waals surface area contributed by atoms with Crippen molar-refractivity contribution in [2.75, 3.05) is 19.7 Å². The molecule has 0 saturated carbocycles. The Hall–Kier alpha value is -2.11. The fraction of sp³-hybridized carbons (Fsp3) is 0.588. The van der Waals surface area contributed by atoms with Crippen molar-refractivity contribution in [2.45, 2.75) is 39.5 Å². The minimum Gasteiger partial charge on any atom is -0.466 e. The van der Waals surface area contributed by atoms with E-state index in [1.165, 1.54) is 12.8 Å². The number of hydrogen-bond donors (Lipinski definition) is 0. The van der Waals surface area contributed by atoms with Gasteiger partial charge < -0.3 is 9.64 Å². The second-order valence-corrected chi connectivity index (χ2v) is 6.29. The normalized spacial score (nSPS) is 15.7. The molecule has 1 aliphatic rings. The molecule has 0 N–H and O–H groups in total. The summed E-state index contributed by atoms with van der Waals surface area (Å²) in [5, 5.41) is 5.28. The molecule has 0 atom stereocenters. The number of hydrogen-bond acceptors (Lipinski definition) is 4. The van der Waals surface area contributed by atoms with E-state index in [1.807, 2.05) is 31.9 Å². The molecule has 0 unspecified atom stereocenters. The maximum Gasteiger partial charge on any atom is 0.260 e. The lowest BCUT2D eigenvalue weighted by Gasteiger charge is -2.19. The fourth-order valence-electron chi connectivity index (χ4n) is 3.19. The van der Waals surface area contributed by atoms with Gasteiger partial charge in [-0.3, -0.25) is 4.79 Å². The maximum atomic E-state index is 12.4. The number of likely N-dealkylation sites (tertiary alicyclic amines) is 1. The van der Waals surface area contributed by atoms with Gasteiger partial charge in [0.1, 0.15) is 0 Å². The molecule has 6 nitrogen and oxygen atoms in total. The molecule has 23 heavy (non-hydrogen) atoms. The molecule has 1 aliphatic heterocycles. The number of carbonyl (C=O) groups is 1. The quantitative estimate of drug-likeness (QED) is 0.872. The third-order valence-corrected chi connectivity index (χ3v) is 4.38. The first-order valence-electron chi connectivity index (χ1n) is 8.28. The van der Waals surface area contributed by atoms with Gasteiger partial charge in [-0.05, 0) is 38.3 Å². The van der Waals surface area contributed by atoms with Gasteiger partial charge >= 0.3 is 0 Å². The number of aryl methyl sites for hydroxylation is 3. The zero-order chi connectivity index (χ0) is 16.4. The first kappa shape index (κ1) is 15.8. The fourth-order valence-corrected chi connectivity index (χ4v) is 3.19. The molecule has 124 valence electrons. The molecule has 2 aromatic heterocycles. The smallest absolute Gasteiger partial charge is 0.260 e. The number of ether oxygens (including phenoxy) is 1. The summed E-state index contributed by atoms with van der Waals surface area (Å²) in [6.45, 7) is 5.69. The molecule has 0 aliphatic carbocycles. The van der Waals surface area contributed by atoms with Crippen LogP contribution in [0, 0.1) is 13.8 Å². The van der Waals surface area contributed by atoms with Crippen LogP contribution in [0.2, 0.25) is 0 Å². The number of amides is 1. The Bertz CT molecular complexity index is 715. The molecule has 0 aromatic carbocycles. The topological polar surface area (TPSA) is 60.2 Å². The van der Waals surface area contributed by atoms with Crippen LogP contribution in [0.4, 0.5) is 0 Å². The van der Waals surface area contributed by atoms with Crippen molar-refractivity contribution in [3.05, 3.63) is 17.3 Å². The van der Waals surface area contributed by atoms with Crippen LogP contribution in [0.3, 0.4) is 0 Å². The van der Waals surface area contributed by atoms with Gasteiger partial charge in [-0.1, -0.05) is 12.8 Å². The van der Waals surface area contributed by atoms with Crippen LogP contribution in [0.1, 0.15) is 36.9 Å². The highest BCUT2D eigenvalue weighted by molar-refractivity contribution is 5.85. The molecular formula is C17H24N4O2. The number of carbonyl (C=O) groups excluding carboxylic acids is 1. The van der Waals surface area contributed by atoms with Crippen LogP contribution in [0.5, 0.6) is 5.88 Å². The summed E-state index contributed by atoms with van der Waals surface area (Å²) in [5.41, 5.74) is 2.81. The second-order valence-electron chi connectivity index (χ2n) is 6.29. The number of aromatic nitrogens is 3. The van der Waals surface area contributed by atoms with Gasteiger partial charge in [-0.25, -0.2) is 9.67 Å². The molecular weight excluding hydrogens is 292 g/mol. The third-order valence-electron chi connectivity index (χ3n) is 4.38. The van der Waals surface area contributed by atoms with Gasteiger partial charge in [0, 0.05) is 25.8 Å². The SMILES string of the molecule is Cc1cc(C)c2c(OCC(=O)N3CCCCCC3)nn(C)c2n1. The average Bonchev–Trinajstić information content (AvgIpc) is 2.69. The van der Waals surface area contributed by atoms with Crippen LogP contribution in [-0.4, -0.2) is 45.3 Å². The molecule has 1 fully saturated rings. The number of pyridine rings is 1. The van der Waals surface area contributed by atoms with Crippen LogP contribution >= 0.6 is 0 Å². The van der Waals surface area contributed by atoms with E-state index in [9.17, 15) is 4.79 Å². The number of rotatable bonds is 3. The van der Waals surface area contributed by atoms with Gasteiger partial charge in [-0.2, -0.15) is 0 Å². The molecule has 1 saturated heterocycles. The number of nitrogens with zero attached hydrogens (tertiary/aromatic N) is 4. The monoisotopic (exact) mass is 316 g/mol. The summed E-state index contributed by atoms with van der Waals surface area (Å²) < 4.78 is 7.46. The molecule has 6 heteroatoms. The average molecular weight is 316 g/mol. The Morgan fingerprint density at radius 3 is 2.61 bits per heavy atom. The molecule has 2 aromatic rings. The van der Waals surface area contributed by atoms with Crippen molar-refractivity contribution in [3.8, 4) is 5.88 Å². The molecule has 0 spiro atoms. The standard InChI is InChI=1S/C17H24N4O2/c1-12-10-13(2)18-16-15(12)17(19-20(16)3)23-11-14(22)21-8-6-4-5-7-9-21/h10H,4-9,11H2,1-3H3. The van der Waals surface area contributed by atoms with E-state index in [-0.39, 0.29) is 12.5 Å². The van der Waals surface area contributed by atoms with Gasteiger partial charge in [-0.15, -0.1) is 5.10 Å². The van der Waals surface area contributed by atoms with Crippen molar-refractivity contribution in [1.82, 2.24) is 19.7 Å². The van der Waals surface area contributed by atoms with Gasteiger partial charge in [0.2, 0.25) is 5.88 Å². The predicted octanol–water partition coefficient (Wildman–Crippen LogP) is 2.37. The predicted molar refractivity (Wildman–Crippen MR) is 88.5 cm³/mol. The van der Waals surface area contributed by atoms with E-state index >= 15 is 0 Å². The van der Waals surface area contributed by atoms with E-state index < -0.39 is 0 Å². The lowest BCUT2D eigenvalue weighted by Crippen LogP contribution is -2.35. The van der Waals surface area contributed by atoms with Crippen LogP contribution in [-0.2, 0) is 11.8 Å². The van der Waals surface area contributed by atoms with Crippen molar-refractivity contribution in [3.63, 3.8) is 0 Å². The minimum absolute atomic E-state index is 0.0411. The third kappa shape index (κ3) is 3.30. The zero-order valence-electron chi connectivity index (χ0n) is 14.1. The first-order valence-corrected chi connectivity index (χ1v) is 8.28. The summed E-state index contributed by atoms with van der Waals surface area (Å²) >= 11 is 0. The van der Waals surface area contributed by atoms with Crippen LogP contribution in [0.25, 0.3) is 11.0 Å². The Morgan fingerprint density at radius 2 is 1.91 bits per heavy atom. The minimum atomic E-state index is 0.0411. The molecule has 0 bridgehead atoms. The first-order chi connectivity index (χ1) is 11.1. The van der Waals surface area contributed by atoms with Crippen molar-refractivity contribution < 1.29 is 9.53 Å². The second kappa shape index (κ2) is 6.56. The maximum absolute atomic E-state index is 12.4. The Morgan fingerprint density at radius 1 is 1.22 bits per heavy atom. The highest BCUT2D eigenvalue weighted by Gasteiger charge is 2.19. The summed E-state index contributed by atoms with van der Waals surface area (Å²) in [4.78, 5) is 18.8. The largest absolute Gasteiger partial charge is 0.466 e. The van der Waals surface area contributed by atoms with E-state index in [2.05, 4.69) is 10.1 Å². The molecule has 0 radical (unpaired) electrons. The van der Waals surface area contributed by atoms with Gasteiger partial charge in [0.25, 0.3) is 5.91 Å². The molecule has 1 amide bonds. The van der Waals surface area contributed by atoms with Crippen LogP contribution < -0.4 is 4.74 Å². The molecule has 3 rings (SSSR count). The van der Waals surface area contributed by atoms with Crippen molar-refractivity contribution in [1.29, 1.82) is 0 Å². The Labute approximate surface area is 136 Å².